The van der Waals surface area contributed by atoms with E-state index in [1.807, 2.05) is 0 Å². The molecule has 6 nitrogen and oxygen atoms in total. The molecule has 0 aliphatic rings. The van der Waals surface area contributed by atoms with Gasteiger partial charge in [-0.3, -0.25) is 0 Å². The Labute approximate surface area is 88.5 Å². The van der Waals surface area contributed by atoms with Crippen molar-refractivity contribution in [2.24, 2.45) is 10.9 Å². The fraction of sp³-hybridized carbons (Fsp3) is 0.250. The summed E-state index contributed by atoms with van der Waals surface area (Å²) in [6.07, 6.45) is 0. The minimum absolute atomic E-state index is 0.0120. The van der Waals surface area contributed by atoms with E-state index in [1.54, 1.807) is 6.07 Å². The van der Waals surface area contributed by atoms with E-state index in [4.69, 9.17) is 16.6 Å². The Hall–Kier alpha value is -1.31. The SMILES string of the molecule is NCCNc1cc(N)cc(S(N)(=O)=O)c1. The van der Waals surface area contributed by atoms with Crippen molar-refractivity contribution in [1.82, 2.24) is 0 Å². The first kappa shape index (κ1) is 11.8. The molecule has 0 aromatic heterocycles. The minimum atomic E-state index is -3.72. The Morgan fingerprint density at radius 2 is 1.93 bits per heavy atom. The van der Waals surface area contributed by atoms with Gasteiger partial charge in [0.15, 0.2) is 0 Å². The summed E-state index contributed by atoms with van der Waals surface area (Å²) >= 11 is 0. The van der Waals surface area contributed by atoms with Crippen molar-refractivity contribution in [3.8, 4) is 0 Å². The van der Waals surface area contributed by atoms with Crippen LogP contribution in [0.1, 0.15) is 0 Å². The van der Waals surface area contributed by atoms with Crippen molar-refractivity contribution >= 4 is 21.4 Å². The highest BCUT2D eigenvalue weighted by molar-refractivity contribution is 7.89. The van der Waals surface area contributed by atoms with Gasteiger partial charge < -0.3 is 16.8 Å². The molecule has 84 valence electrons. The molecule has 0 aliphatic carbocycles. The van der Waals surface area contributed by atoms with Crippen LogP contribution in [-0.4, -0.2) is 21.5 Å². The molecule has 1 aromatic rings. The number of sulfonamides is 1. The van der Waals surface area contributed by atoms with Crippen LogP contribution in [0.15, 0.2) is 23.1 Å². The van der Waals surface area contributed by atoms with Crippen LogP contribution in [0.5, 0.6) is 0 Å². The summed E-state index contributed by atoms with van der Waals surface area (Å²) in [5, 5.41) is 7.91. The summed E-state index contributed by atoms with van der Waals surface area (Å²) in [4.78, 5) is -0.0120. The molecule has 7 heteroatoms. The highest BCUT2D eigenvalue weighted by Gasteiger charge is 2.09. The maximum atomic E-state index is 11.1. The van der Waals surface area contributed by atoms with Gasteiger partial charge in [0.05, 0.1) is 4.90 Å². The van der Waals surface area contributed by atoms with Crippen molar-refractivity contribution in [3.05, 3.63) is 18.2 Å². The van der Waals surface area contributed by atoms with Crippen LogP contribution in [0.2, 0.25) is 0 Å². The van der Waals surface area contributed by atoms with E-state index in [2.05, 4.69) is 5.32 Å². The second-order valence-electron chi connectivity index (χ2n) is 3.05. The molecular formula is C8H14N4O2S. The molecule has 0 unspecified atom stereocenters. The Kier molecular flexibility index (Phi) is 3.51. The zero-order valence-electron chi connectivity index (χ0n) is 8.10. The largest absolute Gasteiger partial charge is 0.399 e. The van der Waals surface area contributed by atoms with Crippen LogP contribution in [-0.2, 0) is 10.0 Å². The fourth-order valence-electron chi connectivity index (χ4n) is 1.10. The molecule has 0 aliphatic heterocycles. The molecule has 0 saturated carbocycles. The molecular weight excluding hydrogens is 216 g/mol. The van der Waals surface area contributed by atoms with Gasteiger partial charge >= 0.3 is 0 Å². The Balaban J connectivity index is 3.06. The van der Waals surface area contributed by atoms with E-state index in [-0.39, 0.29) is 4.90 Å². The van der Waals surface area contributed by atoms with Gasteiger partial charge in [0.2, 0.25) is 10.0 Å². The van der Waals surface area contributed by atoms with Gasteiger partial charge in [-0.15, -0.1) is 0 Å². The van der Waals surface area contributed by atoms with Gasteiger partial charge in [0.25, 0.3) is 0 Å². The van der Waals surface area contributed by atoms with Gasteiger partial charge in [-0.1, -0.05) is 0 Å². The monoisotopic (exact) mass is 230 g/mol. The molecule has 0 bridgehead atoms. The number of nitrogens with two attached hydrogens (primary N) is 3. The summed E-state index contributed by atoms with van der Waals surface area (Å²) < 4.78 is 22.2. The maximum absolute atomic E-state index is 11.1. The predicted molar refractivity (Wildman–Crippen MR) is 59.8 cm³/mol. The molecule has 0 spiro atoms. The average molecular weight is 230 g/mol. The minimum Gasteiger partial charge on any atom is -0.399 e. The van der Waals surface area contributed by atoms with E-state index in [9.17, 15) is 8.42 Å². The second-order valence-corrected chi connectivity index (χ2v) is 4.61. The molecule has 1 rings (SSSR count). The van der Waals surface area contributed by atoms with E-state index in [1.165, 1.54) is 12.1 Å². The highest BCUT2D eigenvalue weighted by atomic mass is 32.2. The van der Waals surface area contributed by atoms with E-state index < -0.39 is 10.0 Å². The quantitative estimate of drug-likeness (QED) is 0.508. The zero-order chi connectivity index (χ0) is 11.5. The van der Waals surface area contributed by atoms with Crippen molar-refractivity contribution in [2.45, 2.75) is 4.90 Å². The molecule has 0 fully saturated rings. The number of rotatable bonds is 4. The fourth-order valence-corrected chi connectivity index (χ4v) is 1.70. The Morgan fingerprint density at radius 3 is 2.47 bits per heavy atom. The Bertz CT molecular complexity index is 444. The second kappa shape index (κ2) is 4.47. The molecule has 0 saturated heterocycles. The predicted octanol–water partition coefficient (Wildman–Crippen LogP) is -0.713. The molecule has 0 atom stereocenters. The third-order valence-electron chi connectivity index (χ3n) is 1.73. The molecule has 0 amide bonds. The summed E-state index contributed by atoms with van der Waals surface area (Å²) in [5.41, 5.74) is 11.8. The van der Waals surface area contributed by atoms with Crippen LogP contribution in [0.4, 0.5) is 11.4 Å². The number of hydrogen-bond acceptors (Lipinski definition) is 5. The van der Waals surface area contributed by atoms with Gasteiger partial charge in [-0.05, 0) is 18.2 Å². The lowest BCUT2D eigenvalue weighted by molar-refractivity contribution is 0.598. The molecule has 1 aromatic carbocycles. The van der Waals surface area contributed by atoms with Gasteiger partial charge in [-0.2, -0.15) is 0 Å². The van der Waals surface area contributed by atoms with E-state index in [0.29, 0.717) is 24.5 Å². The van der Waals surface area contributed by atoms with Crippen LogP contribution in [0.3, 0.4) is 0 Å². The number of anilines is 2. The van der Waals surface area contributed by atoms with E-state index in [0.717, 1.165) is 0 Å². The standard InChI is InChI=1S/C8H14N4O2S/c9-1-2-12-7-3-6(10)4-8(5-7)15(11,13)14/h3-5,12H,1-2,9-10H2,(H2,11,13,14). The number of benzene rings is 1. The van der Waals surface area contributed by atoms with Crippen molar-refractivity contribution in [1.29, 1.82) is 0 Å². The third-order valence-corrected chi connectivity index (χ3v) is 2.62. The lowest BCUT2D eigenvalue weighted by Gasteiger charge is -2.07. The summed E-state index contributed by atoms with van der Waals surface area (Å²) in [5.74, 6) is 0. The first-order chi connectivity index (χ1) is 6.93. The van der Waals surface area contributed by atoms with Gasteiger partial charge in [-0.25, -0.2) is 13.6 Å². The summed E-state index contributed by atoms with van der Waals surface area (Å²) in [7, 11) is -3.72. The van der Waals surface area contributed by atoms with Crippen LogP contribution < -0.4 is 21.9 Å². The molecule has 0 radical (unpaired) electrons. The number of primary sulfonamides is 1. The smallest absolute Gasteiger partial charge is 0.238 e. The highest BCUT2D eigenvalue weighted by Crippen LogP contribution is 2.19. The normalized spacial score (nSPS) is 11.3. The van der Waals surface area contributed by atoms with Crippen molar-refractivity contribution in [2.75, 3.05) is 24.1 Å². The van der Waals surface area contributed by atoms with Crippen molar-refractivity contribution < 1.29 is 8.42 Å². The van der Waals surface area contributed by atoms with Crippen LogP contribution in [0.25, 0.3) is 0 Å². The van der Waals surface area contributed by atoms with Crippen molar-refractivity contribution in [3.63, 3.8) is 0 Å². The first-order valence-corrected chi connectivity index (χ1v) is 5.85. The van der Waals surface area contributed by atoms with Crippen LogP contribution in [0, 0.1) is 0 Å². The summed E-state index contributed by atoms with van der Waals surface area (Å²) in [6, 6.07) is 4.34. The zero-order valence-corrected chi connectivity index (χ0v) is 8.92. The lowest BCUT2D eigenvalue weighted by atomic mass is 10.3. The number of nitrogens with one attached hydrogen (secondary N) is 1. The summed E-state index contributed by atoms with van der Waals surface area (Å²) in [6.45, 7) is 0.979. The van der Waals surface area contributed by atoms with Gasteiger partial charge in [0, 0.05) is 24.5 Å². The lowest BCUT2D eigenvalue weighted by Crippen LogP contribution is -2.15. The topological polar surface area (TPSA) is 124 Å². The maximum Gasteiger partial charge on any atom is 0.238 e. The Morgan fingerprint density at radius 1 is 1.27 bits per heavy atom. The van der Waals surface area contributed by atoms with Gasteiger partial charge in [0.1, 0.15) is 0 Å². The number of nitrogen functional groups attached to an aromatic ring is 1. The molecule has 0 heterocycles. The average Bonchev–Trinajstić information content (AvgIpc) is 2.12. The van der Waals surface area contributed by atoms with E-state index >= 15 is 0 Å². The first-order valence-electron chi connectivity index (χ1n) is 4.31. The van der Waals surface area contributed by atoms with Crippen LogP contribution >= 0.6 is 0 Å². The number of hydrogen-bond donors (Lipinski definition) is 4. The third kappa shape index (κ3) is 3.39. The molecule has 7 N–H and O–H groups in total. The molecule has 15 heavy (non-hydrogen) atoms.